The molecule has 0 saturated heterocycles. The average molecular weight is 172 g/mol. The Morgan fingerprint density at radius 1 is 1.42 bits per heavy atom. The van der Waals surface area contributed by atoms with Crippen molar-refractivity contribution in [2.45, 2.75) is 20.2 Å². The monoisotopic (exact) mass is 172 g/mol. The molecule has 0 bridgehead atoms. The summed E-state index contributed by atoms with van der Waals surface area (Å²) in [4.78, 5) is 0. The van der Waals surface area contributed by atoms with Crippen LogP contribution in [0.5, 0.6) is 0 Å². The lowest BCUT2D eigenvalue weighted by atomic mass is 10.1. The highest BCUT2D eigenvalue weighted by atomic mass is 19.1. The van der Waals surface area contributed by atoms with Gasteiger partial charge < -0.3 is 5.11 Å². The van der Waals surface area contributed by atoms with Gasteiger partial charge in [0.2, 0.25) is 0 Å². The number of aryl methyl sites for hydroxylation is 1. The summed E-state index contributed by atoms with van der Waals surface area (Å²) in [5, 5.41) is 8.69. The first kappa shape index (κ1) is 9.13. The minimum atomic E-state index is -0.802. The molecular weight excluding hydrogens is 162 g/mol. The number of hydrogen-bond donors (Lipinski definition) is 1. The molecule has 0 saturated carbocycles. The second-order valence-corrected chi connectivity index (χ2v) is 2.66. The third kappa shape index (κ3) is 1.61. The van der Waals surface area contributed by atoms with Crippen LogP contribution in [0.25, 0.3) is 0 Å². The normalized spacial score (nSPS) is 10.3. The van der Waals surface area contributed by atoms with Crippen molar-refractivity contribution in [2.75, 3.05) is 0 Å². The van der Waals surface area contributed by atoms with E-state index in [2.05, 4.69) is 0 Å². The second kappa shape index (κ2) is 3.63. The maximum absolute atomic E-state index is 12.9. The molecule has 12 heavy (non-hydrogen) atoms. The topological polar surface area (TPSA) is 20.2 Å². The summed E-state index contributed by atoms with van der Waals surface area (Å²) in [7, 11) is 0. The Bertz CT molecular complexity index is 261. The van der Waals surface area contributed by atoms with Gasteiger partial charge >= 0.3 is 0 Å². The summed E-state index contributed by atoms with van der Waals surface area (Å²) >= 11 is 0. The van der Waals surface area contributed by atoms with Gasteiger partial charge in [0.1, 0.15) is 12.5 Å². The van der Waals surface area contributed by atoms with E-state index in [9.17, 15) is 8.78 Å². The fraction of sp³-hybridized carbons (Fsp3) is 0.333. The Labute approximate surface area is 69.7 Å². The maximum atomic E-state index is 12.9. The highest BCUT2D eigenvalue weighted by Crippen LogP contribution is 2.16. The van der Waals surface area contributed by atoms with Gasteiger partial charge in [0.05, 0.1) is 6.61 Å². The molecule has 1 nitrogen and oxygen atoms in total. The number of benzene rings is 1. The van der Waals surface area contributed by atoms with Crippen molar-refractivity contribution >= 4 is 0 Å². The third-order valence-corrected chi connectivity index (χ3v) is 1.79. The zero-order chi connectivity index (χ0) is 9.14. The third-order valence-electron chi connectivity index (χ3n) is 1.79. The molecule has 0 spiro atoms. The molecule has 0 heterocycles. The lowest BCUT2D eigenvalue weighted by Crippen LogP contribution is -1.95. The van der Waals surface area contributed by atoms with E-state index < -0.39 is 12.5 Å². The molecule has 0 aliphatic heterocycles. The smallest absolute Gasteiger partial charge is 0.129 e. The van der Waals surface area contributed by atoms with Gasteiger partial charge in [0.25, 0.3) is 0 Å². The predicted molar refractivity (Wildman–Crippen MR) is 41.9 cm³/mol. The molecule has 0 aromatic heterocycles. The Balaban J connectivity index is 3.18. The standard InChI is InChI=1S/C9H10F2O/c1-6-2-7(5-12)3-9(11)8(6)4-10/h2-3,12H,4-5H2,1H3. The molecule has 0 radical (unpaired) electrons. The number of alkyl halides is 1. The molecule has 1 aromatic carbocycles. The Hall–Kier alpha value is -0.960. The van der Waals surface area contributed by atoms with E-state index in [4.69, 9.17) is 5.11 Å². The molecule has 0 aliphatic rings. The first-order valence-electron chi connectivity index (χ1n) is 3.63. The van der Waals surface area contributed by atoms with Crippen LogP contribution in [0.15, 0.2) is 12.1 Å². The number of aliphatic hydroxyl groups excluding tert-OH is 1. The molecule has 1 rings (SSSR count). The van der Waals surface area contributed by atoms with Gasteiger partial charge in [0.15, 0.2) is 0 Å². The number of rotatable bonds is 2. The molecule has 0 amide bonds. The van der Waals surface area contributed by atoms with Gasteiger partial charge in [-0.2, -0.15) is 0 Å². The number of aliphatic hydroxyl groups is 1. The van der Waals surface area contributed by atoms with Crippen molar-refractivity contribution in [3.63, 3.8) is 0 Å². The summed E-state index contributed by atoms with van der Waals surface area (Å²) in [5.41, 5.74) is 1.09. The SMILES string of the molecule is Cc1cc(CO)cc(F)c1CF. The van der Waals surface area contributed by atoms with Gasteiger partial charge in [0, 0.05) is 5.56 Å². The van der Waals surface area contributed by atoms with Gasteiger partial charge in [-0.3, -0.25) is 0 Å². The van der Waals surface area contributed by atoms with Crippen LogP contribution in [0, 0.1) is 12.7 Å². The van der Waals surface area contributed by atoms with Crippen LogP contribution in [-0.4, -0.2) is 5.11 Å². The highest BCUT2D eigenvalue weighted by molar-refractivity contribution is 5.31. The van der Waals surface area contributed by atoms with E-state index >= 15 is 0 Å². The number of halogens is 2. The predicted octanol–water partition coefficient (Wildman–Crippen LogP) is 2.10. The largest absolute Gasteiger partial charge is 0.392 e. The molecule has 0 fully saturated rings. The lowest BCUT2D eigenvalue weighted by Gasteiger charge is -2.05. The summed E-state index contributed by atoms with van der Waals surface area (Å²) in [5.74, 6) is -0.582. The van der Waals surface area contributed by atoms with Crippen LogP contribution in [0.1, 0.15) is 16.7 Å². The summed E-state index contributed by atoms with van der Waals surface area (Å²) in [6, 6.07) is 2.74. The van der Waals surface area contributed by atoms with E-state index in [1.165, 1.54) is 0 Å². The molecule has 0 aliphatic carbocycles. The first-order chi connectivity index (χ1) is 5.69. The molecule has 0 atom stereocenters. The van der Waals surface area contributed by atoms with Crippen LogP contribution in [-0.2, 0) is 13.3 Å². The lowest BCUT2D eigenvalue weighted by molar-refractivity contribution is 0.281. The van der Waals surface area contributed by atoms with Crippen LogP contribution in [0.4, 0.5) is 8.78 Å². The van der Waals surface area contributed by atoms with Gasteiger partial charge in [-0.05, 0) is 24.1 Å². The van der Waals surface area contributed by atoms with Gasteiger partial charge in [-0.15, -0.1) is 0 Å². The summed E-state index contributed by atoms with van der Waals surface area (Å²) < 4.78 is 25.1. The fourth-order valence-corrected chi connectivity index (χ4v) is 1.11. The van der Waals surface area contributed by atoms with Crippen molar-refractivity contribution in [2.24, 2.45) is 0 Å². The first-order valence-corrected chi connectivity index (χ1v) is 3.63. The Morgan fingerprint density at radius 2 is 2.08 bits per heavy atom. The number of hydrogen-bond acceptors (Lipinski definition) is 1. The molecule has 66 valence electrons. The van der Waals surface area contributed by atoms with Gasteiger partial charge in [-0.25, -0.2) is 8.78 Å². The quantitative estimate of drug-likeness (QED) is 0.724. The molecule has 0 unspecified atom stereocenters. The molecule has 1 aromatic rings. The summed E-state index contributed by atoms with van der Waals surface area (Å²) in [6.07, 6.45) is 0. The van der Waals surface area contributed by atoms with Crippen molar-refractivity contribution in [1.82, 2.24) is 0 Å². The average Bonchev–Trinajstić information content (AvgIpc) is 2.03. The fourth-order valence-electron chi connectivity index (χ4n) is 1.11. The van der Waals surface area contributed by atoms with Crippen LogP contribution < -0.4 is 0 Å². The Kier molecular flexibility index (Phi) is 2.76. The van der Waals surface area contributed by atoms with E-state index in [-0.39, 0.29) is 12.2 Å². The molecule has 1 N–H and O–H groups in total. The minimum absolute atomic E-state index is 0.0761. The van der Waals surface area contributed by atoms with Crippen molar-refractivity contribution in [3.05, 3.63) is 34.6 Å². The molecular formula is C9H10F2O. The second-order valence-electron chi connectivity index (χ2n) is 2.66. The van der Waals surface area contributed by atoms with Crippen LogP contribution in [0.2, 0.25) is 0 Å². The zero-order valence-electron chi connectivity index (χ0n) is 6.77. The highest BCUT2D eigenvalue weighted by Gasteiger charge is 2.06. The van der Waals surface area contributed by atoms with E-state index in [0.717, 1.165) is 6.07 Å². The van der Waals surface area contributed by atoms with E-state index in [1.807, 2.05) is 0 Å². The Morgan fingerprint density at radius 3 is 2.50 bits per heavy atom. The van der Waals surface area contributed by atoms with Crippen molar-refractivity contribution < 1.29 is 13.9 Å². The minimum Gasteiger partial charge on any atom is -0.392 e. The zero-order valence-corrected chi connectivity index (χ0v) is 6.77. The molecule has 3 heteroatoms. The summed E-state index contributed by atoms with van der Waals surface area (Å²) in [6.45, 7) is 0.602. The van der Waals surface area contributed by atoms with Crippen LogP contribution >= 0.6 is 0 Å². The maximum Gasteiger partial charge on any atom is 0.129 e. The van der Waals surface area contributed by atoms with Crippen molar-refractivity contribution in [3.8, 4) is 0 Å². The van der Waals surface area contributed by atoms with Crippen LogP contribution in [0.3, 0.4) is 0 Å². The van der Waals surface area contributed by atoms with Crippen molar-refractivity contribution in [1.29, 1.82) is 0 Å². The van der Waals surface area contributed by atoms with E-state index in [1.54, 1.807) is 13.0 Å². The van der Waals surface area contributed by atoms with E-state index in [0.29, 0.717) is 11.1 Å². The van der Waals surface area contributed by atoms with Gasteiger partial charge in [-0.1, -0.05) is 6.07 Å².